The second-order valence-corrected chi connectivity index (χ2v) is 4.69. The Bertz CT molecular complexity index is 412. The van der Waals surface area contributed by atoms with Crippen molar-refractivity contribution in [1.82, 2.24) is 19.9 Å². The number of aromatic nitrogens is 3. The number of anilines is 1. The van der Waals surface area contributed by atoms with Crippen LogP contribution in [0.1, 0.15) is 19.8 Å². The number of carbonyl (C=O) groups is 1. The van der Waals surface area contributed by atoms with Crippen molar-refractivity contribution in [3.8, 4) is 0 Å². The number of carbonyl (C=O) groups excluding carboxylic acids is 1. The Morgan fingerprint density at radius 1 is 1.37 bits per heavy atom. The number of aryl methyl sites for hydroxylation is 1. The third-order valence-electron chi connectivity index (χ3n) is 3.18. The molecule has 7 heteroatoms. The summed E-state index contributed by atoms with van der Waals surface area (Å²) < 4.78 is 6.88. The lowest BCUT2D eigenvalue weighted by atomic mass is 10.3. The summed E-state index contributed by atoms with van der Waals surface area (Å²) in [5, 5.41) is 7.99. The average molecular weight is 267 g/mol. The third-order valence-corrected chi connectivity index (χ3v) is 3.18. The van der Waals surface area contributed by atoms with Gasteiger partial charge in [-0.3, -0.25) is 4.68 Å². The van der Waals surface area contributed by atoms with Gasteiger partial charge in [-0.2, -0.15) is 0 Å². The van der Waals surface area contributed by atoms with Crippen molar-refractivity contribution in [1.29, 1.82) is 0 Å². The standard InChI is InChI=1S/C12H21N5O2/c1-3-4-9-19-12(18)17-7-5-16(6-8-17)11-10-15(2)14-13-11/h10H,3-9H2,1-2H3. The molecule has 0 spiro atoms. The fourth-order valence-corrected chi connectivity index (χ4v) is 1.99. The summed E-state index contributed by atoms with van der Waals surface area (Å²) in [4.78, 5) is 15.7. The first-order valence-corrected chi connectivity index (χ1v) is 6.73. The first-order valence-electron chi connectivity index (χ1n) is 6.73. The van der Waals surface area contributed by atoms with Gasteiger partial charge in [0.15, 0.2) is 5.82 Å². The molecule has 1 fully saturated rings. The summed E-state index contributed by atoms with van der Waals surface area (Å²) in [5.41, 5.74) is 0. The van der Waals surface area contributed by atoms with Crippen LogP contribution in [-0.4, -0.2) is 58.8 Å². The highest BCUT2D eigenvalue weighted by atomic mass is 16.6. The maximum atomic E-state index is 11.8. The van der Waals surface area contributed by atoms with E-state index in [1.54, 1.807) is 9.58 Å². The Kier molecular flexibility index (Phi) is 4.59. The van der Waals surface area contributed by atoms with E-state index >= 15 is 0 Å². The number of unbranched alkanes of at least 4 members (excludes halogenated alkanes) is 1. The molecule has 0 aromatic carbocycles. The van der Waals surface area contributed by atoms with Crippen molar-refractivity contribution in [3.63, 3.8) is 0 Å². The Morgan fingerprint density at radius 3 is 2.68 bits per heavy atom. The van der Waals surface area contributed by atoms with Crippen molar-refractivity contribution >= 4 is 11.9 Å². The molecule has 1 aromatic heterocycles. The highest BCUT2D eigenvalue weighted by Crippen LogP contribution is 2.12. The van der Waals surface area contributed by atoms with Crippen LogP contribution in [0.5, 0.6) is 0 Å². The van der Waals surface area contributed by atoms with E-state index in [9.17, 15) is 4.79 Å². The van der Waals surface area contributed by atoms with Crippen molar-refractivity contribution in [2.75, 3.05) is 37.7 Å². The maximum absolute atomic E-state index is 11.8. The van der Waals surface area contributed by atoms with Gasteiger partial charge in [-0.15, -0.1) is 5.10 Å². The van der Waals surface area contributed by atoms with E-state index in [2.05, 4.69) is 22.1 Å². The van der Waals surface area contributed by atoms with Gasteiger partial charge in [0.25, 0.3) is 0 Å². The van der Waals surface area contributed by atoms with Crippen molar-refractivity contribution < 1.29 is 9.53 Å². The monoisotopic (exact) mass is 267 g/mol. The van der Waals surface area contributed by atoms with Gasteiger partial charge in [0.2, 0.25) is 0 Å². The molecular formula is C12H21N5O2. The van der Waals surface area contributed by atoms with Crippen LogP contribution in [0.4, 0.5) is 10.6 Å². The molecule has 1 aliphatic rings. The number of hydrogen-bond acceptors (Lipinski definition) is 5. The number of ether oxygens (including phenoxy) is 1. The van der Waals surface area contributed by atoms with Crippen LogP contribution in [0.2, 0.25) is 0 Å². The molecular weight excluding hydrogens is 246 g/mol. The molecule has 2 heterocycles. The molecule has 0 radical (unpaired) electrons. The number of hydrogen-bond donors (Lipinski definition) is 0. The van der Waals surface area contributed by atoms with E-state index in [4.69, 9.17) is 4.74 Å². The molecule has 1 amide bonds. The summed E-state index contributed by atoms with van der Waals surface area (Å²) in [6.07, 6.45) is 3.64. The van der Waals surface area contributed by atoms with E-state index in [1.807, 2.05) is 13.2 Å². The Labute approximate surface area is 113 Å². The second-order valence-electron chi connectivity index (χ2n) is 4.69. The van der Waals surface area contributed by atoms with Crippen LogP contribution in [-0.2, 0) is 11.8 Å². The van der Waals surface area contributed by atoms with E-state index in [-0.39, 0.29) is 6.09 Å². The van der Waals surface area contributed by atoms with E-state index in [1.165, 1.54) is 0 Å². The maximum Gasteiger partial charge on any atom is 0.409 e. The third kappa shape index (κ3) is 3.59. The highest BCUT2D eigenvalue weighted by Gasteiger charge is 2.23. The molecule has 1 saturated heterocycles. The molecule has 19 heavy (non-hydrogen) atoms. The largest absolute Gasteiger partial charge is 0.449 e. The zero-order chi connectivity index (χ0) is 13.7. The smallest absolute Gasteiger partial charge is 0.409 e. The number of nitrogens with zero attached hydrogens (tertiary/aromatic N) is 5. The van der Waals surface area contributed by atoms with Gasteiger partial charge in [0, 0.05) is 33.2 Å². The zero-order valence-corrected chi connectivity index (χ0v) is 11.6. The summed E-state index contributed by atoms with van der Waals surface area (Å²) in [5.74, 6) is 0.863. The van der Waals surface area contributed by atoms with Gasteiger partial charge in [-0.05, 0) is 6.42 Å². The van der Waals surface area contributed by atoms with E-state index < -0.39 is 0 Å². The van der Waals surface area contributed by atoms with Crippen molar-refractivity contribution in [3.05, 3.63) is 6.20 Å². The summed E-state index contributed by atoms with van der Waals surface area (Å²) >= 11 is 0. The molecule has 0 saturated carbocycles. The minimum Gasteiger partial charge on any atom is -0.449 e. The predicted octanol–water partition coefficient (Wildman–Crippen LogP) is 0.874. The molecule has 2 rings (SSSR count). The fourth-order valence-electron chi connectivity index (χ4n) is 1.99. The first kappa shape index (κ1) is 13.6. The van der Waals surface area contributed by atoms with E-state index in [0.29, 0.717) is 19.7 Å². The second kappa shape index (κ2) is 6.40. The Hall–Kier alpha value is -1.79. The molecule has 7 nitrogen and oxygen atoms in total. The number of amides is 1. The molecule has 0 bridgehead atoms. The molecule has 1 aliphatic heterocycles. The summed E-state index contributed by atoms with van der Waals surface area (Å²) in [7, 11) is 1.85. The average Bonchev–Trinajstić information content (AvgIpc) is 2.86. The highest BCUT2D eigenvalue weighted by molar-refractivity contribution is 5.68. The van der Waals surface area contributed by atoms with Gasteiger partial charge in [0.05, 0.1) is 12.8 Å². The summed E-state index contributed by atoms with van der Waals surface area (Å²) in [6.45, 7) is 5.46. The lowest BCUT2D eigenvalue weighted by Crippen LogP contribution is -2.49. The molecule has 0 aliphatic carbocycles. The fraction of sp³-hybridized carbons (Fsp3) is 0.750. The lowest BCUT2D eigenvalue weighted by Gasteiger charge is -2.33. The quantitative estimate of drug-likeness (QED) is 0.758. The molecule has 0 unspecified atom stereocenters. The van der Waals surface area contributed by atoms with Gasteiger partial charge in [0.1, 0.15) is 0 Å². The summed E-state index contributed by atoms with van der Waals surface area (Å²) in [6, 6.07) is 0. The molecule has 0 N–H and O–H groups in total. The minimum atomic E-state index is -0.202. The van der Waals surface area contributed by atoms with Gasteiger partial charge < -0.3 is 14.5 Å². The Balaban J connectivity index is 1.77. The van der Waals surface area contributed by atoms with Gasteiger partial charge in [-0.25, -0.2) is 4.79 Å². The van der Waals surface area contributed by atoms with Crippen LogP contribution in [0, 0.1) is 0 Å². The van der Waals surface area contributed by atoms with Crippen molar-refractivity contribution in [2.24, 2.45) is 7.05 Å². The van der Waals surface area contributed by atoms with Crippen LogP contribution in [0.25, 0.3) is 0 Å². The Morgan fingerprint density at radius 2 is 2.11 bits per heavy atom. The van der Waals surface area contributed by atoms with Crippen molar-refractivity contribution in [2.45, 2.75) is 19.8 Å². The normalized spacial score (nSPS) is 15.7. The minimum absolute atomic E-state index is 0.202. The van der Waals surface area contributed by atoms with E-state index in [0.717, 1.165) is 31.7 Å². The van der Waals surface area contributed by atoms with Crippen LogP contribution >= 0.6 is 0 Å². The van der Waals surface area contributed by atoms with Crippen LogP contribution in [0.3, 0.4) is 0 Å². The molecule has 106 valence electrons. The SMILES string of the molecule is CCCCOC(=O)N1CCN(c2cn(C)nn2)CC1. The lowest BCUT2D eigenvalue weighted by molar-refractivity contribution is 0.0989. The van der Waals surface area contributed by atoms with Gasteiger partial charge in [-0.1, -0.05) is 18.6 Å². The first-order chi connectivity index (χ1) is 9.20. The molecule has 1 aromatic rings. The van der Waals surface area contributed by atoms with Crippen LogP contribution in [0.15, 0.2) is 6.20 Å². The topological polar surface area (TPSA) is 63.5 Å². The predicted molar refractivity (Wildman–Crippen MR) is 71.0 cm³/mol. The number of rotatable bonds is 4. The zero-order valence-electron chi connectivity index (χ0n) is 11.6. The van der Waals surface area contributed by atoms with Crippen LogP contribution < -0.4 is 4.90 Å². The molecule has 0 atom stereocenters. The number of piperazine rings is 1. The van der Waals surface area contributed by atoms with Gasteiger partial charge >= 0.3 is 6.09 Å².